The number of anilines is 1. The molecule has 4 nitrogen and oxygen atoms in total. The van der Waals surface area contributed by atoms with Gasteiger partial charge in [0.15, 0.2) is 0 Å². The summed E-state index contributed by atoms with van der Waals surface area (Å²) in [4.78, 5) is 13.4. The standard InChI is InChI=1S/C26H28Cl2F6N2O2/c1-4-23(3,5-2)38-22(37)35-14-16-6-7-20(13-21(16)25(29,30)31)36-9-8-24(15-36,26(32,33)34)17-10-18(27)12-19(28)11-17/h6-7,10-13H,4-5,8-9,14-15H2,1-3H3,(H,35,37). The van der Waals surface area contributed by atoms with Crippen molar-refractivity contribution < 1.29 is 35.9 Å². The van der Waals surface area contributed by atoms with Gasteiger partial charge in [0.05, 0.1) is 5.56 Å². The zero-order valence-corrected chi connectivity index (χ0v) is 22.5. The van der Waals surface area contributed by atoms with Gasteiger partial charge in [0, 0.05) is 35.4 Å². The van der Waals surface area contributed by atoms with E-state index in [0.717, 1.165) is 12.1 Å². The fourth-order valence-electron chi connectivity index (χ4n) is 4.49. The molecule has 1 unspecified atom stereocenters. The first-order valence-corrected chi connectivity index (χ1v) is 12.7. The van der Waals surface area contributed by atoms with Crippen LogP contribution in [0.3, 0.4) is 0 Å². The Morgan fingerprint density at radius 2 is 1.63 bits per heavy atom. The molecule has 1 amide bonds. The fraction of sp³-hybridized carbons (Fsp3) is 0.500. The first-order valence-electron chi connectivity index (χ1n) is 12.0. The van der Waals surface area contributed by atoms with Gasteiger partial charge in [0.2, 0.25) is 0 Å². The lowest BCUT2D eigenvalue weighted by Gasteiger charge is -2.33. The van der Waals surface area contributed by atoms with Crippen molar-refractivity contribution in [3.05, 3.63) is 63.1 Å². The number of halogens is 8. The zero-order chi connectivity index (χ0) is 28.5. The summed E-state index contributed by atoms with van der Waals surface area (Å²) in [6.45, 7) is 4.15. The van der Waals surface area contributed by atoms with Gasteiger partial charge in [-0.2, -0.15) is 26.3 Å². The molecule has 210 valence electrons. The summed E-state index contributed by atoms with van der Waals surface area (Å²) in [6, 6.07) is 6.95. The fourth-order valence-corrected chi connectivity index (χ4v) is 5.02. The Bertz CT molecular complexity index is 1150. The Kier molecular flexibility index (Phi) is 8.78. The number of benzene rings is 2. The van der Waals surface area contributed by atoms with E-state index in [1.807, 2.05) is 13.8 Å². The largest absolute Gasteiger partial charge is 0.443 e. The van der Waals surface area contributed by atoms with E-state index in [2.05, 4.69) is 5.32 Å². The van der Waals surface area contributed by atoms with Gasteiger partial charge in [0.1, 0.15) is 11.0 Å². The van der Waals surface area contributed by atoms with Crippen LogP contribution in [0.25, 0.3) is 0 Å². The van der Waals surface area contributed by atoms with Gasteiger partial charge in [-0.1, -0.05) is 43.1 Å². The van der Waals surface area contributed by atoms with Crippen molar-refractivity contribution in [1.29, 1.82) is 0 Å². The molecule has 1 aliphatic heterocycles. The summed E-state index contributed by atoms with van der Waals surface area (Å²) < 4.78 is 90.3. The molecule has 0 bridgehead atoms. The highest BCUT2D eigenvalue weighted by Crippen LogP contribution is 2.50. The summed E-state index contributed by atoms with van der Waals surface area (Å²) in [5.74, 6) is 0. The topological polar surface area (TPSA) is 41.6 Å². The predicted octanol–water partition coefficient (Wildman–Crippen LogP) is 8.53. The van der Waals surface area contributed by atoms with E-state index in [-0.39, 0.29) is 33.4 Å². The number of hydrogen-bond acceptors (Lipinski definition) is 3. The third kappa shape index (κ3) is 6.45. The van der Waals surface area contributed by atoms with Crippen molar-refractivity contribution in [1.82, 2.24) is 5.32 Å². The molecule has 1 atom stereocenters. The highest BCUT2D eigenvalue weighted by molar-refractivity contribution is 6.34. The molecule has 0 saturated carbocycles. The molecule has 0 aliphatic carbocycles. The minimum absolute atomic E-state index is 0.0209. The molecule has 1 fully saturated rings. The van der Waals surface area contributed by atoms with Crippen molar-refractivity contribution in [2.45, 2.75) is 69.9 Å². The number of alkyl carbamates (subject to hydrolysis) is 1. The summed E-state index contributed by atoms with van der Waals surface area (Å²) >= 11 is 11.9. The van der Waals surface area contributed by atoms with Crippen molar-refractivity contribution in [3.8, 4) is 0 Å². The summed E-state index contributed by atoms with van der Waals surface area (Å²) in [5, 5.41) is 2.40. The van der Waals surface area contributed by atoms with Crippen LogP contribution in [-0.4, -0.2) is 31.0 Å². The molecular weight excluding hydrogens is 557 g/mol. The number of carbonyl (C=O) groups excluding carboxylic acids is 1. The molecule has 0 aromatic heterocycles. The number of carbonyl (C=O) groups is 1. The van der Waals surface area contributed by atoms with Gasteiger partial charge in [-0.05, 0) is 67.6 Å². The van der Waals surface area contributed by atoms with Crippen molar-refractivity contribution >= 4 is 35.0 Å². The van der Waals surface area contributed by atoms with Crippen LogP contribution in [0.1, 0.15) is 56.7 Å². The van der Waals surface area contributed by atoms with Gasteiger partial charge in [-0.15, -0.1) is 0 Å². The van der Waals surface area contributed by atoms with Crippen LogP contribution in [0.2, 0.25) is 10.0 Å². The molecule has 12 heteroatoms. The monoisotopic (exact) mass is 584 g/mol. The van der Waals surface area contributed by atoms with E-state index in [0.29, 0.717) is 12.8 Å². The maximum absolute atomic E-state index is 14.4. The predicted molar refractivity (Wildman–Crippen MR) is 135 cm³/mol. The second-order valence-electron chi connectivity index (χ2n) is 9.65. The lowest BCUT2D eigenvalue weighted by atomic mass is 9.79. The lowest BCUT2D eigenvalue weighted by molar-refractivity contribution is -0.184. The van der Waals surface area contributed by atoms with E-state index >= 15 is 0 Å². The van der Waals surface area contributed by atoms with E-state index in [9.17, 15) is 31.1 Å². The highest BCUT2D eigenvalue weighted by atomic mass is 35.5. The SMILES string of the molecule is CCC(C)(CC)OC(=O)NCc1ccc(N2CCC(c3cc(Cl)cc(Cl)c3)(C(F)(F)F)C2)cc1C(F)(F)F. The number of ether oxygens (including phenoxy) is 1. The first kappa shape index (κ1) is 30.2. The summed E-state index contributed by atoms with van der Waals surface area (Å²) in [6.07, 6.45) is -9.72. The van der Waals surface area contributed by atoms with Crippen molar-refractivity contribution in [2.75, 3.05) is 18.0 Å². The van der Waals surface area contributed by atoms with Gasteiger partial charge < -0.3 is 15.0 Å². The van der Waals surface area contributed by atoms with Crippen LogP contribution in [0.15, 0.2) is 36.4 Å². The second kappa shape index (κ2) is 11.0. The van der Waals surface area contributed by atoms with Gasteiger partial charge in [-0.3, -0.25) is 0 Å². The molecule has 0 spiro atoms. The second-order valence-corrected chi connectivity index (χ2v) is 10.5. The molecule has 1 N–H and O–H groups in total. The average Bonchev–Trinajstić information content (AvgIpc) is 3.28. The Balaban J connectivity index is 1.89. The van der Waals surface area contributed by atoms with E-state index in [1.54, 1.807) is 6.92 Å². The van der Waals surface area contributed by atoms with Crippen LogP contribution in [0, 0.1) is 0 Å². The van der Waals surface area contributed by atoms with Crippen molar-refractivity contribution in [3.63, 3.8) is 0 Å². The Morgan fingerprint density at radius 3 is 2.16 bits per heavy atom. The van der Waals surface area contributed by atoms with Crippen molar-refractivity contribution in [2.24, 2.45) is 0 Å². The third-order valence-corrected chi connectivity index (χ3v) is 7.69. The number of nitrogens with one attached hydrogen (secondary N) is 1. The van der Waals surface area contributed by atoms with Crippen LogP contribution in [-0.2, 0) is 22.9 Å². The molecule has 0 radical (unpaired) electrons. The molecule has 1 heterocycles. The van der Waals surface area contributed by atoms with Crippen LogP contribution in [0.4, 0.5) is 36.8 Å². The highest BCUT2D eigenvalue weighted by Gasteiger charge is 2.59. The Morgan fingerprint density at radius 1 is 1.03 bits per heavy atom. The quantitative estimate of drug-likeness (QED) is 0.331. The zero-order valence-electron chi connectivity index (χ0n) is 21.0. The number of amides is 1. The Hall–Kier alpha value is -2.33. The normalized spacial score (nSPS) is 18.6. The van der Waals surface area contributed by atoms with Crippen LogP contribution >= 0.6 is 23.2 Å². The smallest absolute Gasteiger partial charge is 0.416 e. The molecule has 2 aromatic carbocycles. The maximum Gasteiger partial charge on any atom is 0.416 e. The first-order chi connectivity index (χ1) is 17.5. The minimum atomic E-state index is -4.81. The number of rotatable bonds is 7. The van der Waals surface area contributed by atoms with Gasteiger partial charge in [-0.25, -0.2) is 4.79 Å². The van der Waals surface area contributed by atoms with Gasteiger partial charge in [0.25, 0.3) is 0 Å². The van der Waals surface area contributed by atoms with E-state index < -0.39 is 54.5 Å². The minimum Gasteiger partial charge on any atom is -0.443 e. The Labute approximate surface area is 227 Å². The molecule has 2 aromatic rings. The number of alkyl halides is 6. The lowest BCUT2D eigenvalue weighted by Crippen LogP contribution is -2.45. The van der Waals surface area contributed by atoms with Crippen LogP contribution in [0.5, 0.6) is 0 Å². The average molecular weight is 585 g/mol. The maximum atomic E-state index is 14.4. The van der Waals surface area contributed by atoms with Gasteiger partial charge >= 0.3 is 18.4 Å². The molecule has 1 aliphatic rings. The number of hydrogen-bond donors (Lipinski definition) is 1. The molecular formula is C26H28Cl2F6N2O2. The molecule has 3 rings (SSSR count). The third-order valence-electron chi connectivity index (χ3n) is 7.25. The molecule has 38 heavy (non-hydrogen) atoms. The molecule has 1 saturated heterocycles. The van der Waals surface area contributed by atoms with E-state index in [4.69, 9.17) is 27.9 Å². The summed E-state index contributed by atoms with van der Waals surface area (Å²) in [5.41, 5.74) is -4.58. The summed E-state index contributed by atoms with van der Waals surface area (Å²) in [7, 11) is 0. The number of nitrogens with zero attached hydrogens (tertiary/aromatic N) is 1. The van der Waals surface area contributed by atoms with E-state index in [1.165, 1.54) is 29.2 Å². The van der Waals surface area contributed by atoms with Crippen LogP contribution < -0.4 is 10.2 Å².